The van der Waals surface area contributed by atoms with Crippen molar-refractivity contribution in [2.45, 2.75) is 28.8 Å². The SMILES string of the molecule is COC(=O)c1cc(S(=O)(=O)Nc2ncnc3cc(N4CCN(Cc5ccccc5-c5ccc(Cl)cc5)CC4)ccc23)cc([N+](=O)[O-])c1N[C@H](CCN(C)C)CSc1ccccc1. The zero-order valence-electron chi connectivity index (χ0n) is 34.5. The number of nitrogens with one attached hydrogen (secondary N) is 2. The number of nitro benzene ring substituents is 1. The standard InChI is InChI=1S/C45H47ClN8O6S2/c1-51(2)20-19-34(29-61-36-10-5-4-6-11-36)49-43-40(45(55)60-3)26-37(27-42(43)54(56)57)62(58,59)50-44-39-18-17-35(25-41(39)47-30-48-44)53-23-21-52(22-24-53)28-32-9-7-8-12-38(32)31-13-15-33(46)16-14-31/h4-18,25-27,30,34,49H,19-24,28-29H2,1-3H3,(H,47,48,50)/t34-/m1/s1. The van der Waals surface area contributed by atoms with E-state index in [1.807, 2.05) is 91.8 Å². The molecule has 1 atom stereocenters. The zero-order chi connectivity index (χ0) is 43.8. The van der Waals surface area contributed by atoms with Gasteiger partial charge >= 0.3 is 5.97 Å². The van der Waals surface area contributed by atoms with Crippen molar-refractivity contribution in [2.24, 2.45) is 0 Å². The average Bonchev–Trinajstić information content (AvgIpc) is 3.27. The number of benzene rings is 5. The van der Waals surface area contributed by atoms with E-state index in [4.69, 9.17) is 16.3 Å². The number of thioether (sulfide) groups is 1. The minimum atomic E-state index is -4.54. The smallest absolute Gasteiger partial charge is 0.340 e. The molecule has 0 radical (unpaired) electrons. The minimum absolute atomic E-state index is 0.0168. The van der Waals surface area contributed by atoms with Gasteiger partial charge in [0.15, 0.2) is 5.82 Å². The number of hydrogen-bond donors (Lipinski definition) is 2. The molecule has 322 valence electrons. The summed E-state index contributed by atoms with van der Waals surface area (Å²) in [6.07, 6.45) is 1.84. The van der Waals surface area contributed by atoms with Gasteiger partial charge in [-0.1, -0.05) is 66.2 Å². The molecule has 14 nitrogen and oxygen atoms in total. The van der Waals surface area contributed by atoms with E-state index in [1.54, 1.807) is 17.8 Å². The van der Waals surface area contributed by atoms with Gasteiger partial charge < -0.3 is 19.9 Å². The number of piperazine rings is 1. The fourth-order valence-corrected chi connectivity index (χ4v) is 9.53. The average molecular weight is 896 g/mol. The number of carbonyl (C=O) groups is 1. The number of aromatic nitrogens is 2. The van der Waals surface area contributed by atoms with Crippen LogP contribution in [0.1, 0.15) is 22.3 Å². The quantitative estimate of drug-likeness (QED) is 0.0390. The number of esters is 1. The summed E-state index contributed by atoms with van der Waals surface area (Å²) >= 11 is 7.70. The van der Waals surface area contributed by atoms with Gasteiger partial charge in [-0.2, -0.15) is 0 Å². The molecule has 1 fully saturated rings. The van der Waals surface area contributed by atoms with E-state index in [2.05, 4.69) is 48.0 Å². The first kappa shape index (κ1) is 44.3. The summed E-state index contributed by atoms with van der Waals surface area (Å²) in [6.45, 7) is 4.66. The Morgan fingerprint density at radius 3 is 2.39 bits per heavy atom. The summed E-state index contributed by atoms with van der Waals surface area (Å²) in [5.41, 5.74) is 3.98. The number of halogens is 1. The predicted molar refractivity (Wildman–Crippen MR) is 247 cm³/mol. The Labute approximate surface area is 370 Å². The summed E-state index contributed by atoms with van der Waals surface area (Å²) in [5.74, 6) is -0.438. The molecule has 1 aliphatic rings. The van der Waals surface area contributed by atoms with Crippen LogP contribution in [0.3, 0.4) is 0 Å². The van der Waals surface area contributed by atoms with Gasteiger partial charge in [0.05, 0.1) is 28.0 Å². The van der Waals surface area contributed by atoms with Gasteiger partial charge in [0.2, 0.25) is 0 Å². The van der Waals surface area contributed by atoms with Crippen LogP contribution >= 0.6 is 23.4 Å². The van der Waals surface area contributed by atoms with Crippen LogP contribution in [0.4, 0.5) is 22.9 Å². The lowest BCUT2D eigenvalue weighted by Crippen LogP contribution is -2.46. The van der Waals surface area contributed by atoms with E-state index >= 15 is 0 Å². The highest BCUT2D eigenvalue weighted by Gasteiger charge is 2.31. The van der Waals surface area contributed by atoms with Crippen LogP contribution in [0.5, 0.6) is 0 Å². The van der Waals surface area contributed by atoms with Gasteiger partial charge in [-0.15, -0.1) is 11.8 Å². The second-order valence-electron chi connectivity index (χ2n) is 15.1. The second kappa shape index (κ2) is 19.9. The van der Waals surface area contributed by atoms with Gasteiger partial charge in [0.1, 0.15) is 12.0 Å². The van der Waals surface area contributed by atoms with Crippen molar-refractivity contribution in [1.82, 2.24) is 19.8 Å². The van der Waals surface area contributed by atoms with Crippen molar-refractivity contribution < 1.29 is 22.9 Å². The number of nitro groups is 1. The number of hydrogen-bond acceptors (Lipinski definition) is 13. The van der Waals surface area contributed by atoms with Crippen molar-refractivity contribution in [2.75, 3.05) is 74.6 Å². The van der Waals surface area contributed by atoms with E-state index < -0.39 is 31.5 Å². The number of carbonyl (C=O) groups excluding carboxylic acids is 1. The first-order valence-electron chi connectivity index (χ1n) is 20.0. The van der Waals surface area contributed by atoms with Crippen LogP contribution in [0, 0.1) is 10.1 Å². The van der Waals surface area contributed by atoms with E-state index in [0.717, 1.165) is 68.1 Å². The summed E-state index contributed by atoms with van der Waals surface area (Å²) in [5, 5.41) is 17.0. The molecule has 1 aromatic heterocycles. The van der Waals surface area contributed by atoms with Crippen molar-refractivity contribution >= 4 is 73.1 Å². The van der Waals surface area contributed by atoms with Crippen molar-refractivity contribution in [3.63, 3.8) is 0 Å². The van der Waals surface area contributed by atoms with Gasteiger partial charge in [0, 0.05) is 71.6 Å². The van der Waals surface area contributed by atoms with E-state index in [1.165, 1.54) is 17.5 Å². The first-order valence-corrected chi connectivity index (χ1v) is 22.8. The van der Waals surface area contributed by atoms with E-state index in [-0.39, 0.29) is 23.1 Å². The summed E-state index contributed by atoms with van der Waals surface area (Å²) < 4.78 is 35.6. The third kappa shape index (κ3) is 10.8. The molecule has 0 saturated carbocycles. The number of ether oxygens (including phenoxy) is 1. The van der Waals surface area contributed by atoms with E-state index in [9.17, 15) is 23.3 Å². The van der Waals surface area contributed by atoms with Gasteiger partial charge in [0.25, 0.3) is 15.7 Å². The number of fused-ring (bicyclic) bond motifs is 1. The fourth-order valence-electron chi connectivity index (χ4n) is 7.34. The van der Waals surface area contributed by atoms with Gasteiger partial charge in [-0.3, -0.25) is 19.7 Å². The molecule has 5 aromatic carbocycles. The molecular formula is C45H47ClN8O6S2. The lowest BCUT2D eigenvalue weighted by atomic mass is 9.99. The van der Waals surface area contributed by atoms with Crippen molar-refractivity contribution in [1.29, 1.82) is 0 Å². The Bertz CT molecular complexity index is 2650. The molecule has 0 bridgehead atoms. The van der Waals surface area contributed by atoms with Gasteiger partial charge in [-0.05, 0) is 92.3 Å². The second-order valence-corrected chi connectivity index (χ2v) is 18.3. The Kier molecular flexibility index (Phi) is 14.2. The predicted octanol–water partition coefficient (Wildman–Crippen LogP) is 8.29. The van der Waals surface area contributed by atoms with Crippen LogP contribution in [-0.4, -0.2) is 105 Å². The number of anilines is 3. The lowest BCUT2D eigenvalue weighted by Gasteiger charge is -2.36. The maximum absolute atomic E-state index is 14.1. The van der Waals surface area contributed by atoms with Crippen LogP contribution in [0.25, 0.3) is 22.0 Å². The third-order valence-electron chi connectivity index (χ3n) is 10.6. The minimum Gasteiger partial charge on any atom is -0.465 e. The molecule has 2 N–H and O–H groups in total. The van der Waals surface area contributed by atoms with Crippen molar-refractivity contribution in [3.05, 3.63) is 142 Å². The molecule has 62 heavy (non-hydrogen) atoms. The Morgan fingerprint density at radius 2 is 1.68 bits per heavy atom. The topological polar surface area (TPSA) is 163 Å². The zero-order valence-corrected chi connectivity index (χ0v) is 36.9. The number of sulfonamides is 1. The van der Waals surface area contributed by atoms with Crippen molar-refractivity contribution in [3.8, 4) is 11.1 Å². The first-order chi connectivity index (χ1) is 29.9. The molecule has 0 spiro atoms. The van der Waals surface area contributed by atoms with Crippen LogP contribution in [-0.2, 0) is 21.3 Å². The highest BCUT2D eigenvalue weighted by molar-refractivity contribution is 7.99. The maximum Gasteiger partial charge on any atom is 0.340 e. The highest BCUT2D eigenvalue weighted by atomic mass is 35.5. The Morgan fingerprint density at radius 1 is 0.952 bits per heavy atom. The number of methoxy groups -OCH3 is 1. The summed E-state index contributed by atoms with van der Waals surface area (Å²) in [4.78, 5) is 41.0. The molecular weight excluding hydrogens is 848 g/mol. The molecule has 6 aromatic rings. The van der Waals surface area contributed by atoms with Gasteiger partial charge in [-0.25, -0.2) is 23.2 Å². The largest absolute Gasteiger partial charge is 0.465 e. The van der Waals surface area contributed by atoms with Crippen LogP contribution in [0.15, 0.2) is 125 Å². The molecule has 17 heteroatoms. The molecule has 2 heterocycles. The number of rotatable bonds is 17. The lowest BCUT2D eigenvalue weighted by molar-refractivity contribution is -0.384. The Hall–Kier alpha value is -5.78. The number of nitrogens with zero attached hydrogens (tertiary/aromatic N) is 6. The monoisotopic (exact) mass is 894 g/mol. The van der Waals surface area contributed by atoms with Crippen LogP contribution < -0.4 is 14.9 Å². The molecule has 0 unspecified atom stereocenters. The molecule has 0 aliphatic carbocycles. The summed E-state index contributed by atoms with van der Waals surface area (Å²) in [7, 11) is 0.441. The molecule has 7 rings (SSSR count). The summed E-state index contributed by atoms with van der Waals surface area (Å²) in [6, 6.07) is 33.2. The third-order valence-corrected chi connectivity index (χ3v) is 13.4. The molecule has 1 saturated heterocycles. The molecule has 0 amide bonds. The van der Waals surface area contributed by atoms with Crippen LogP contribution in [0.2, 0.25) is 5.02 Å². The Balaban J connectivity index is 1.09. The fraction of sp³-hybridized carbons (Fsp3) is 0.267. The molecule has 1 aliphatic heterocycles. The normalized spacial score (nSPS) is 13.9. The highest BCUT2D eigenvalue weighted by Crippen LogP contribution is 2.36. The van der Waals surface area contributed by atoms with E-state index in [0.29, 0.717) is 34.6 Å². The maximum atomic E-state index is 14.1.